The van der Waals surface area contributed by atoms with Crippen LogP contribution in [0.5, 0.6) is 0 Å². The minimum Gasteiger partial charge on any atom is -0.338 e. The number of carbonyl (C=O) groups excluding carboxylic acids is 1. The van der Waals surface area contributed by atoms with Crippen LogP contribution < -0.4 is 5.56 Å². The van der Waals surface area contributed by atoms with Crippen LogP contribution in [0.1, 0.15) is 25.8 Å². The lowest BCUT2D eigenvalue weighted by molar-refractivity contribution is -0.132. The monoisotopic (exact) mass is 369 g/mol. The van der Waals surface area contributed by atoms with E-state index in [4.69, 9.17) is 0 Å². The maximum absolute atomic E-state index is 12.7. The third kappa shape index (κ3) is 4.38. The summed E-state index contributed by atoms with van der Waals surface area (Å²) in [5.41, 5.74) is 1.73. The number of rotatable bonds is 7. The zero-order chi connectivity index (χ0) is 18.5. The molecule has 0 saturated carbocycles. The summed E-state index contributed by atoms with van der Waals surface area (Å²) in [6.07, 6.45) is 1.82. The molecule has 2 aromatic heterocycles. The highest BCUT2D eigenvalue weighted by molar-refractivity contribution is 7.07. The van der Waals surface area contributed by atoms with Crippen molar-refractivity contribution in [3.05, 3.63) is 63.3 Å². The average Bonchev–Trinajstić information content (AvgIpc) is 3.13. The highest BCUT2D eigenvalue weighted by Gasteiger charge is 2.16. The number of aromatic nitrogens is 2. The summed E-state index contributed by atoms with van der Waals surface area (Å²) in [6.45, 7) is 5.87. The molecule has 0 fully saturated rings. The van der Waals surface area contributed by atoms with E-state index >= 15 is 0 Å². The van der Waals surface area contributed by atoms with Crippen LogP contribution in [0, 0.1) is 5.92 Å². The van der Waals surface area contributed by atoms with Crippen molar-refractivity contribution >= 4 is 28.1 Å². The van der Waals surface area contributed by atoms with Crippen LogP contribution in [-0.4, -0.2) is 26.9 Å². The molecule has 0 aliphatic carbocycles. The van der Waals surface area contributed by atoms with E-state index < -0.39 is 0 Å². The largest absolute Gasteiger partial charge is 0.338 e. The van der Waals surface area contributed by atoms with Crippen molar-refractivity contribution in [1.29, 1.82) is 0 Å². The molecule has 0 saturated heterocycles. The number of carbonyl (C=O) groups is 1. The summed E-state index contributed by atoms with van der Waals surface area (Å²) in [7, 11) is 0. The molecule has 3 aromatic rings. The normalized spacial score (nSPS) is 11.2. The molecule has 6 heteroatoms. The van der Waals surface area contributed by atoms with E-state index in [-0.39, 0.29) is 17.9 Å². The van der Waals surface area contributed by atoms with Crippen molar-refractivity contribution in [3.8, 4) is 0 Å². The Balaban J connectivity index is 1.71. The predicted molar refractivity (Wildman–Crippen MR) is 105 cm³/mol. The van der Waals surface area contributed by atoms with Crippen LogP contribution in [0.2, 0.25) is 0 Å². The number of nitrogens with zero attached hydrogens (tertiary/aromatic N) is 3. The molecule has 0 atom stereocenters. The minimum atomic E-state index is -0.100. The Morgan fingerprint density at radius 1 is 1.27 bits per heavy atom. The van der Waals surface area contributed by atoms with Gasteiger partial charge in [-0.15, -0.1) is 0 Å². The lowest BCUT2D eigenvalue weighted by Crippen LogP contribution is -2.35. The van der Waals surface area contributed by atoms with Crippen LogP contribution >= 0.6 is 11.3 Å². The van der Waals surface area contributed by atoms with E-state index in [1.54, 1.807) is 17.4 Å². The Hall–Kier alpha value is -2.47. The number of thiophene rings is 1. The Bertz CT molecular complexity index is 932. The number of aryl methyl sites for hydroxylation is 1. The molecule has 2 heterocycles. The van der Waals surface area contributed by atoms with Crippen LogP contribution in [0.3, 0.4) is 0 Å². The van der Waals surface area contributed by atoms with Crippen molar-refractivity contribution in [3.63, 3.8) is 0 Å². The van der Waals surface area contributed by atoms with Crippen molar-refractivity contribution in [2.45, 2.75) is 33.4 Å². The van der Waals surface area contributed by atoms with Crippen molar-refractivity contribution in [2.24, 2.45) is 5.92 Å². The zero-order valence-electron chi connectivity index (χ0n) is 15.1. The van der Waals surface area contributed by atoms with Crippen molar-refractivity contribution in [2.75, 3.05) is 6.54 Å². The SMILES string of the molecule is CC(C)CN(Cc1ccsc1)C(=O)CCn1cnc2ccccc2c1=O. The average molecular weight is 369 g/mol. The Morgan fingerprint density at radius 3 is 2.81 bits per heavy atom. The van der Waals surface area contributed by atoms with E-state index in [1.807, 2.05) is 34.5 Å². The summed E-state index contributed by atoms with van der Waals surface area (Å²) >= 11 is 1.63. The minimum absolute atomic E-state index is 0.0601. The number of hydrogen-bond acceptors (Lipinski definition) is 4. The van der Waals surface area contributed by atoms with Gasteiger partial charge in [-0.2, -0.15) is 11.3 Å². The summed E-state index contributed by atoms with van der Waals surface area (Å²) in [6, 6.07) is 9.31. The van der Waals surface area contributed by atoms with Gasteiger partial charge in [-0.25, -0.2) is 4.98 Å². The van der Waals surface area contributed by atoms with Gasteiger partial charge in [0.15, 0.2) is 0 Å². The van der Waals surface area contributed by atoms with Crippen molar-refractivity contribution < 1.29 is 4.79 Å². The molecular formula is C20H23N3O2S. The first-order valence-electron chi connectivity index (χ1n) is 8.77. The summed E-state index contributed by atoms with van der Waals surface area (Å²) in [4.78, 5) is 31.5. The highest BCUT2D eigenvalue weighted by atomic mass is 32.1. The fourth-order valence-corrected chi connectivity index (χ4v) is 3.60. The Morgan fingerprint density at radius 2 is 2.08 bits per heavy atom. The van der Waals surface area contributed by atoms with Crippen LogP contribution in [0.25, 0.3) is 10.9 Å². The molecule has 0 radical (unpaired) electrons. The maximum atomic E-state index is 12.7. The summed E-state index contributed by atoms with van der Waals surface area (Å²) in [5.74, 6) is 0.451. The van der Waals surface area contributed by atoms with Gasteiger partial charge in [0.05, 0.1) is 17.2 Å². The Labute approximate surface area is 156 Å². The number of hydrogen-bond donors (Lipinski definition) is 0. The van der Waals surface area contributed by atoms with E-state index in [0.717, 1.165) is 5.56 Å². The van der Waals surface area contributed by atoms with Crippen LogP contribution in [0.15, 0.2) is 52.2 Å². The quantitative estimate of drug-likeness (QED) is 0.640. The van der Waals surface area contributed by atoms with Gasteiger partial charge in [-0.3, -0.25) is 14.2 Å². The molecule has 0 N–H and O–H groups in total. The topological polar surface area (TPSA) is 55.2 Å². The van der Waals surface area contributed by atoms with Crippen LogP contribution in [0.4, 0.5) is 0 Å². The van der Waals surface area contributed by atoms with E-state index in [1.165, 1.54) is 10.9 Å². The van der Waals surface area contributed by atoms with Crippen LogP contribution in [-0.2, 0) is 17.9 Å². The Kier molecular flexibility index (Phi) is 5.83. The van der Waals surface area contributed by atoms with Gasteiger partial charge in [0.25, 0.3) is 5.56 Å². The molecule has 1 amide bonds. The second-order valence-electron chi connectivity index (χ2n) is 6.81. The molecule has 0 aliphatic rings. The third-order valence-electron chi connectivity index (χ3n) is 4.19. The molecule has 26 heavy (non-hydrogen) atoms. The number of para-hydroxylation sites is 1. The molecule has 0 unspecified atom stereocenters. The lowest BCUT2D eigenvalue weighted by Gasteiger charge is -2.24. The first-order chi connectivity index (χ1) is 12.5. The van der Waals surface area contributed by atoms with Gasteiger partial charge in [0.1, 0.15) is 0 Å². The van der Waals surface area contributed by atoms with E-state index in [2.05, 4.69) is 24.2 Å². The van der Waals surface area contributed by atoms with Gasteiger partial charge in [-0.05, 0) is 40.4 Å². The standard InChI is InChI=1S/C20H23N3O2S/c1-15(2)11-23(12-16-8-10-26-13-16)19(24)7-9-22-14-21-18-6-4-3-5-17(18)20(22)25/h3-6,8,10,13-15H,7,9,11-12H2,1-2H3. The molecule has 3 rings (SSSR count). The van der Waals surface area contributed by atoms with Gasteiger partial charge in [-0.1, -0.05) is 26.0 Å². The first kappa shape index (κ1) is 18.3. The molecule has 136 valence electrons. The number of fused-ring (bicyclic) bond motifs is 1. The smallest absolute Gasteiger partial charge is 0.261 e. The van der Waals surface area contributed by atoms with Gasteiger partial charge in [0, 0.05) is 26.1 Å². The number of amides is 1. The lowest BCUT2D eigenvalue weighted by atomic mass is 10.2. The maximum Gasteiger partial charge on any atom is 0.261 e. The zero-order valence-corrected chi connectivity index (χ0v) is 15.9. The second kappa shape index (κ2) is 8.27. The second-order valence-corrected chi connectivity index (χ2v) is 7.59. The molecule has 0 aliphatic heterocycles. The predicted octanol–water partition coefficient (Wildman–Crippen LogP) is 3.53. The van der Waals surface area contributed by atoms with Crippen molar-refractivity contribution in [1.82, 2.24) is 14.5 Å². The molecule has 5 nitrogen and oxygen atoms in total. The fraction of sp³-hybridized carbons (Fsp3) is 0.350. The summed E-state index contributed by atoms with van der Waals surface area (Å²) in [5, 5.41) is 4.67. The first-order valence-corrected chi connectivity index (χ1v) is 9.72. The third-order valence-corrected chi connectivity index (χ3v) is 4.92. The fourth-order valence-electron chi connectivity index (χ4n) is 2.94. The molecule has 0 spiro atoms. The molecular weight excluding hydrogens is 346 g/mol. The van der Waals surface area contributed by atoms with E-state index in [0.29, 0.717) is 36.5 Å². The van der Waals surface area contributed by atoms with Gasteiger partial charge >= 0.3 is 0 Å². The number of benzene rings is 1. The highest BCUT2D eigenvalue weighted by Crippen LogP contribution is 2.13. The van der Waals surface area contributed by atoms with Gasteiger partial charge in [0.2, 0.25) is 5.91 Å². The molecule has 0 bridgehead atoms. The van der Waals surface area contributed by atoms with Gasteiger partial charge < -0.3 is 4.90 Å². The molecule has 1 aromatic carbocycles. The van der Waals surface area contributed by atoms with E-state index in [9.17, 15) is 9.59 Å². The summed E-state index contributed by atoms with van der Waals surface area (Å²) < 4.78 is 1.53.